The lowest BCUT2D eigenvalue weighted by molar-refractivity contribution is 0.102. The average molecular weight is 357 g/mol. The number of hydrogen-bond donors (Lipinski definition) is 1. The van der Waals surface area contributed by atoms with Crippen molar-refractivity contribution in [1.82, 2.24) is 4.57 Å². The molecule has 1 amide bonds. The Morgan fingerprint density at radius 1 is 1.04 bits per heavy atom. The monoisotopic (exact) mass is 356 g/mol. The second-order valence-electron chi connectivity index (χ2n) is 5.44. The maximum absolute atomic E-state index is 12.9. The van der Waals surface area contributed by atoms with E-state index in [1.807, 2.05) is 12.1 Å². The van der Waals surface area contributed by atoms with Crippen molar-refractivity contribution in [3.8, 4) is 0 Å². The van der Waals surface area contributed by atoms with Crippen molar-refractivity contribution in [3.05, 3.63) is 99.2 Å². The minimum atomic E-state index is -0.389. The lowest BCUT2D eigenvalue weighted by Crippen LogP contribution is -2.22. The zero-order valence-corrected chi connectivity index (χ0v) is 13.8. The molecule has 1 N–H and O–H groups in total. The fourth-order valence-corrected chi connectivity index (χ4v) is 2.53. The molecule has 3 rings (SSSR count). The smallest absolute Gasteiger partial charge is 0.257 e. The molecule has 126 valence electrons. The SMILES string of the molecule is O=C(Nc1ccc(F)cc1)c1ccc(=O)n(Cc2ccccc2Cl)c1. The van der Waals surface area contributed by atoms with Gasteiger partial charge in [-0.25, -0.2) is 4.39 Å². The highest BCUT2D eigenvalue weighted by molar-refractivity contribution is 6.31. The quantitative estimate of drug-likeness (QED) is 0.769. The number of nitrogens with one attached hydrogen (secondary N) is 1. The lowest BCUT2D eigenvalue weighted by Gasteiger charge is -2.10. The third-order valence-corrected chi connectivity index (χ3v) is 4.02. The Kier molecular flexibility index (Phi) is 4.95. The number of carbonyl (C=O) groups excluding carboxylic acids is 1. The predicted molar refractivity (Wildman–Crippen MR) is 95.6 cm³/mol. The van der Waals surface area contributed by atoms with E-state index in [9.17, 15) is 14.0 Å². The summed E-state index contributed by atoms with van der Waals surface area (Å²) in [6, 6.07) is 15.4. The van der Waals surface area contributed by atoms with E-state index < -0.39 is 0 Å². The predicted octanol–water partition coefficient (Wildman–Crippen LogP) is 3.94. The van der Waals surface area contributed by atoms with Gasteiger partial charge in [0.25, 0.3) is 11.5 Å². The first-order valence-electron chi connectivity index (χ1n) is 7.54. The van der Waals surface area contributed by atoms with Crippen molar-refractivity contribution in [3.63, 3.8) is 0 Å². The van der Waals surface area contributed by atoms with Crippen molar-refractivity contribution < 1.29 is 9.18 Å². The van der Waals surface area contributed by atoms with Gasteiger partial charge in [0.1, 0.15) is 5.82 Å². The van der Waals surface area contributed by atoms with E-state index in [-0.39, 0.29) is 23.8 Å². The van der Waals surface area contributed by atoms with Crippen LogP contribution in [0.25, 0.3) is 0 Å². The largest absolute Gasteiger partial charge is 0.322 e. The average Bonchev–Trinajstić information content (AvgIpc) is 2.60. The molecule has 0 saturated heterocycles. The summed E-state index contributed by atoms with van der Waals surface area (Å²) in [5.74, 6) is -0.772. The van der Waals surface area contributed by atoms with Crippen LogP contribution in [0.3, 0.4) is 0 Å². The first kappa shape index (κ1) is 16.9. The molecule has 0 fully saturated rings. The summed E-state index contributed by atoms with van der Waals surface area (Å²) in [6.45, 7) is 0.260. The lowest BCUT2D eigenvalue weighted by atomic mass is 10.2. The molecule has 6 heteroatoms. The van der Waals surface area contributed by atoms with Gasteiger partial charge in [-0.05, 0) is 42.0 Å². The molecular weight excluding hydrogens is 343 g/mol. The zero-order valence-electron chi connectivity index (χ0n) is 13.1. The van der Waals surface area contributed by atoms with E-state index in [0.29, 0.717) is 16.3 Å². The minimum Gasteiger partial charge on any atom is -0.322 e. The normalized spacial score (nSPS) is 10.5. The molecule has 0 unspecified atom stereocenters. The van der Waals surface area contributed by atoms with Gasteiger partial charge in [0, 0.05) is 23.0 Å². The van der Waals surface area contributed by atoms with Crippen LogP contribution in [0.5, 0.6) is 0 Å². The zero-order chi connectivity index (χ0) is 17.8. The highest BCUT2D eigenvalue weighted by Gasteiger charge is 2.09. The van der Waals surface area contributed by atoms with Crippen LogP contribution in [0.15, 0.2) is 71.7 Å². The van der Waals surface area contributed by atoms with Crippen molar-refractivity contribution in [2.75, 3.05) is 5.32 Å². The van der Waals surface area contributed by atoms with Gasteiger partial charge in [-0.2, -0.15) is 0 Å². The van der Waals surface area contributed by atoms with Crippen LogP contribution in [-0.4, -0.2) is 10.5 Å². The van der Waals surface area contributed by atoms with Crippen LogP contribution in [0.1, 0.15) is 15.9 Å². The Hall–Kier alpha value is -2.92. The highest BCUT2D eigenvalue weighted by atomic mass is 35.5. The first-order valence-corrected chi connectivity index (χ1v) is 7.91. The van der Waals surface area contributed by atoms with Crippen LogP contribution in [0.4, 0.5) is 10.1 Å². The number of hydrogen-bond acceptors (Lipinski definition) is 2. The van der Waals surface area contributed by atoms with Gasteiger partial charge >= 0.3 is 0 Å². The molecule has 1 heterocycles. The van der Waals surface area contributed by atoms with Crippen molar-refractivity contribution >= 4 is 23.2 Å². The van der Waals surface area contributed by atoms with Gasteiger partial charge in [0.2, 0.25) is 0 Å². The second-order valence-corrected chi connectivity index (χ2v) is 5.84. The van der Waals surface area contributed by atoms with Crippen LogP contribution in [0, 0.1) is 5.82 Å². The van der Waals surface area contributed by atoms with Crippen molar-refractivity contribution in [2.45, 2.75) is 6.54 Å². The molecule has 0 aliphatic carbocycles. The fourth-order valence-electron chi connectivity index (χ4n) is 2.34. The van der Waals surface area contributed by atoms with E-state index in [0.717, 1.165) is 5.56 Å². The number of pyridine rings is 1. The van der Waals surface area contributed by atoms with Crippen LogP contribution < -0.4 is 10.9 Å². The van der Waals surface area contributed by atoms with E-state index in [4.69, 9.17) is 11.6 Å². The maximum atomic E-state index is 12.9. The number of benzene rings is 2. The third kappa shape index (κ3) is 4.14. The van der Waals surface area contributed by atoms with Crippen molar-refractivity contribution in [2.24, 2.45) is 0 Å². The van der Waals surface area contributed by atoms with Gasteiger partial charge in [-0.1, -0.05) is 29.8 Å². The Morgan fingerprint density at radius 3 is 2.48 bits per heavy atom. The number of aromatic nitrogens is 1. The standard InChI is InChI=1S/C19H14ClFN2O2/c20-17-4-2-1-3-13(17)11-23-12-14(5-10-18(23)24)19(25)22-16-8-6-15(21)7-9-16/h1-10,12H,11H2,(H,22,25). The summed E-state index contributed by atoms with van der Waals surface area (Å²) in [4.78, 5) is 24.4. The second kappa shape index (κ2) is 7.32. The molecule has 25 heavy (non-hydrogen) atoms. The van der Waals surface area contributed by atoms with Gasteiger partial charge < -0.3 is 9.88 Å². The first-order chi connectivity index (χ1) is 12.0. The molecule has 0 aliphatic heterocycles. The summed E-state index contributed by atoms with van der Waals surface area (Å²) in [5.41, 5.74) is 1.33. The number of nitrogens with zero attached hydrogens (tertiary/aromatic N) is 1. The molecule has 0 aliphatic rings. The molecule has 0 atom stereocenters. The fraction of sp³-hybridized carbons (Fsp3) is 0.0526. The molecule has 2 aromatic carbocycles. The molecule has 0 saturated carbocycles. The van der Waals surface area contributed by atoms with Crippen LogP contribution in [-0.2, 0) is 6.54 Å². The van der Waals surface area contributed by atoms with E-state index in [2.05, 4.69) is 5.32 Å². The number of anilines is 1. The molecule has 3 aromatic rings. The Morgan fingerprint density at radius 2 is 1.76 bits per heavy atom. The number of halogens is 2. The maximum Gasteiger partial charge on any atom is 0.257 e. The van der Waals surface area contributed by atoms with Gasteiger partial charge in [-0.3, -0.25) is 9.59 Å². The third-order valence-electron chi connectivity index (χ3n) is 3.65. The molecule has 0 bridgehead atoms. The highest BCUT2D eigenvalue weighted by Crippen LogP contribution is 2.16. The number of amides is 1. The summed E-state index contributed by atoms with van der Waals surface area (Å²) in [5, 5.41) is 3.21. The van der Waals surface area contributed by atoms with Crippen LogP contribution in [0.2, 0.25) is 5.02 Å². The molecule has 0 radical (unpaired) electrons. The summed E-state index contributed by atoms with van der Waals surface area (Å²) < 4.78 is 14.3. The van der Waals surface area contributed by atoms with E-state index in [1.165, 1.54) is 47.2 Å². The van der Waals surface area contributed by atoms with Crippen molar-refractivity contribution in [1.29, 1.82) is 0 Å². The Balaban J connectivity index is 1.83. The number of rotatable bonds is 4. The molecule has 0 spiro atoms. The van der Waals surface area contributed by atoms with Gasteiger partial charge in [0.05, 0.1) is 12.1 Å². The Labute approximate surface area is 148 Å². The number of carbonyl (C=O) groups is 1. The molecule has 4 nitrogen and oxygen atoms in total. The summed E-state index contributed by atoms with van der Waals surface area (Å²) >= 11 is 6.12. The van der Waals surface area contributed by atoms with E-state index in [1.54, 1.807) is 12.1 Å². The topological polar surface area (TPSA) is 51.1 Å². The molecular formula is C19H14ClFN2O2. The minimum absolute atomic E-state index is 0.238. The molecule has 1 aromatic heterocycles. The van der Waals surface area contributed by atoms with Gasteiger partial charge in [0.15, 0.2) is 0 Å². The van der Waals surface area contributed by atoms with E-state index >= 15 is 0 Å². The summed E-state index contributed by atoms with van der Waals surface area (Å²) in [6.07, 6.45) is 1.48. The van der Waals surface area contributed by atoms with Gasteiger partial charge in [-0.15, -0.1) is 0 Å². The van der Waals surface area contributed by atoms with Crippen LogP contribution >= 0.6 is 11.6 Å². The summed E-state index contributed by atoms with van der Waals surface area (Å²) in [7, 11) is 0. The Bertz CT molecular complexity index is 968.